The van der Waals surface area contributed by atoms with Crippen LogP contribution in [0.2, 0.25) is 0 Å². The number of allylic oxidation sites excluding steroid dienone is 19. The second-order valence-corrected chi connectivity index (χ2v) is 21.8. The van der Waals surface area contributed by atoms with E-state index in [4.69, 9.17) is 0 Å². The highest BCUT2D eigenvalue weighted by Crippen LogP contribution is 2.17. The van der Waals surface area contributed by atoms with E-state index in [1.807, 2.05) is 6.08 Å². The lowest BCUT2D eigenvalue weighted by atomic mass is 10.0. The summed E-state index contributed by atoms with van der Waals surface area (Å²) in [6.07, 6.45) is 101. The van der Waals surface area contributed by atoms with Crippen molar-refractivity contribution >= 4 is 5.91 Å². The molecule has 4 heteroatoms. The van der Waals surface area contributed by atoms with Crippen molar-refractivity contribution in [2.45, 2.75) is 321 Å². The first kappa shape index (κ1) is 72.8. The number of nitrogens with one attached hydrogen (secondary N) is 1. The van der Waals surface area contributed by atoms with Gasteiger partial charge in [0.1, 0.15) is 0 Å². The van der Waals surface area contributed by atoms with Gasteiger partial charge in [-0.15, -0.1) is 0 Å². The van der Waals surface area contributed by atoms with Gasteiger partial charge >= 0.3 is 0 Å². The minimum atomic E-state index is -0.854. The Kier molecular flexibility index (Phi) is 63.3. The second-order valence-electron chi connectivity index (χ2n) is 21.8. The molecule has 0 radical (unpaired) electrons. The molecule has 0 heterocycles. The first-order valence-corrected chi connectivity index (χ1v) is 32.7. The minimum absolute atomic E-state index is 0.0768. The van der Waals surface area contributed by atoms with E-state index in [1.54, 1.807) is 6.08 Å². The van der Waals surface area contributed by atoms with Gasteiger partial charge in [-0.05, 0) is 89.9 Å². The highest BCUT2D eigenvalue weighted by Gasteiger charge is 2.18. The van der Waals surface area contributed by atoms with Crippen LogP contribution in [-0.4, -0.2) is 34.9 Å². The number of aliphatic hydroxyl groups excluding tert-OH is 2. The molecule has 4 nitrogen and oxygen atoms in total. The number of carbonyl (C=O) groups is 1. The van der Waals surface area contributed by atoms with Crippen LogP contribution in [0.25, 0.3) is 0 Å². The highest BCUT2D eigenvalue weighted by atomic mass is 16.3. The van der Waals surface area contributed by atoms with Gasteiger partial charge in [0.05, 0.1) is 18.8 Å². The number of amides is 1. The van der Waals surface area contributed by atoms with E-state index >= 15 is 0 Å². The Balaban J connectivity index is 3.58. The molecule has 3 N–H and O–H groups in total. The largest absolute Gasteiger partial charge is 0.394 e. The van der Waals surface area contributed by atoms with Crippen molar-refractivity contribution in [3.8, 4) is 0 Å². The molecule has 76 heavy (non-hydrogen) atoms. The fourth-order valence-electron chi connectivity index (χ4n) is 9.53. The average molecular weight is 1050 g/mol. The zero-order chi connectivity index (χ0) is 54.8. The van der Waals surface area contributed by atoms with E-state index < -0.39 is 12.1 Å². The fraction of sp³-hybridized carbons (Fsp3) is 0.708. The Labute approximate surface area is 473 Å². The van der Waals surface area contributed by atoms with Gasteiger partial charge in [0.2, 0.25) is 5.91 Å². The van der Waals surface area contributed by atoms with Crippen molar-refractivity contribution in [2.75, 3.05) is 6.61 Å². The molecule has 0 aromatic rings. The Morgan fingerprint density at radius 2 is 0.579 bits per heavy atom. The summed E-state index contributed by atoms with van der Waals surface area (Å²) in [7, 11) is 0. The Morgan fingerprint density at radius 3 is 0.868 bits per heavy atom. The summed E-state index contributed by atoms with van der Waals surface area (Å²) < 4.78 is 0. The summed E-state index contributed by atoms with van der Waals surface area (Å²) >= 11 is 0. The molecule has 2 unspecified atom stereocenters. The number of aliphatic hydroxyl groups is 2. The second kappa shape index (κ2) is 66.1. The van der Waals surface area contributed by atoms with Gasteiger partial charge in [-0.1, -0.05) is 334 Å². The van der Waals surface area contributed by atoms with Gasteiger partial charge in [0.15, 0.2) is 0 Å². The highest BCUT2D eigenvalue weighted by molar-refractivity contribution is 5.76. The van der Waals surface area contributed by atoms with Crippen LogP contribution in [0.5, 0.6) is 0 Å². The van der Waals surface area contributed by atoms with Gasteiger partial charge < -0.3 is 15.5 Å². The molecular weight excluding hydrogens is 927 g/mol. The number of carbonyl (C=O) groups excluding carboxylic acids is 1. The zero-order valence-corrected chi connectivity index (χ0v) is 50.2. The summed E-state index contributed by atoms with van der Waals surface area (Å²) in [5.41, 5.74) is 0. The van der Waals surface area contributed by atoms with Crippen molar-refractivity contribution in [3.63, 3.8) is 0 Å². The van der Waals surface area contributed by atoms with Gasteiger partial charge in [-0.2, -0.15) is 0 Å². The third-order valence-electron chi connectivity index (χ3n) is 14.5. The SMILES string of the molecule is CC/C=C\C/C=C\C/C=C\C/C=C\C/C=C\C/C=C\C/C=C\C/C=C\C/C=C\CCCCCCCCCC(=O)NC(CO)C(O)/C=C/CCCCCCCCCCCCCCCCCCCCCCCCCCCCC. The molecule has 0 fully saturated rings. The summed E-state index contributed by atoms with van der Waals surface area (Å²) in [5.74, 6) is -0.0768. The van der Waals surface area contributed by atoms with Crippen LogP contribution in [0.1, 0.15) is 309 Å². The minimum Gasteiger partial charge on any atom is -0.394 e. The summed E-state index contributed by atoms with van der Waals surface area (Å²) in [5, 5.41) is 23.3. The Bertz CT molecular complexity index is 1470. The first-order chi connectivity index (χ1) is 37.7. The molecule has 0 aliphatic carbocycles. The van der Waals surface area contributed by atoms with E-state index in [9.17, 15) is 15.0 Å². The molecule has 0 saturated heterocycles. The van der Waals surface area contributed by atoms with Crippen LogP contribution in [0, 0.1) is 0 Å². The molecule has 0 aliphatic heterocycles. The molecule has 1 amide bonds. The fourth-order valence-corrected chi connectivity index (χ4v) is 9.53. The molecule has 0 aromatic heterocycles. The van der Waals surface area contributed by atoms with Gasteiger partial charge in [0, 0.05) is 6.42 Å². The maximum absolute atomic E-state index is 12.5. The Morgan fingerprint density at radius 1 is 0.329 bits per heavy atom. The molecule has 0 rings (SSSR count). The van der Waals surface area contributed by atoms with E-state index in [0.717, 1.165) is 96.3 Å². The summed E-state index contributed by atoms with van der Waals surface area (Å²) in [6.45, 7) is 4.21. The van der Waals surface area contributed by atoms with Crippen molar-refractivity contribution in [1.82, 2.24) is 5.32 Å². The first-order valence-electron chi connectivity index (χ1n) is 32.7. The number of hydrogen-bond acceptors (Lipinski definition) is 3. The van der Waals surface area contributed by atoms with Crippen LogP contribution in [0.4, 0.5) is 0 Å². The number of rotatable bonds is 59. The van der Waals surface area contributed by atoms with Gasteiger partial charge in [-0.25, -0.2) is 0 Å². The van der Waals surface area contributed by atoms with E-state index in [2.05, 4.69) is 129 Å². The van der Waals surface area contributed by atoms with E-state index in [0.29, 0.717) is 6.42 Å². The van der Waals surface area contributed by atoms with Crippen molar-refractivity contribution in [1.29, 1.82) is 0 Å². The normalized spacial score (nSPS) is 13.6. The van der Waals surface area contributed by atoms with Crippen molar-refractivity contribution < 1.29 is 15.0 Å². The summed E-state index contributed by atoms with van der Waals surface area (Å²) in [6, 6.07) is -0.639. The third-order valence-corrected chi connectivity index (χ3v) is 14.5. The number of hydrogen-bond donors (Lipinski definition) is 3. The van der Waals surface area contributed by atoms with Crippen molar-refractivity contribution in [3.05, 3.63) is 122 Å². The predicted molar refractivity (Wildman–Crippen MR) is 340 cm³/mol. The van der Waals surface area contributed by atoms with Crippen molar-refractivity contribution in [2.24, 2.45) is 0 Å². The summed E-state index contributed by atoms with van der Waals surface area (Å²) in [4.78, 5) is 12.5. The standard InChI is InChI=1S/C72H125NO3/c1-3-5-7-9-11-13-15-17-19-21-23-25-27-29-31-33-34-35-36-37-38-40-42-44-46-48-50-52-54-56-58-60-62-64-66-68-72(76)73-70(69-74)71(75)67-65-63-61-59-57-55-53-51-49-47-45-43-41-39-32-30-28-26-24-22-20-18-16-14-12-10-8-6-4-2/h5,7,11,13,17,19,23,25,29,31,34-35,37-38,42,44,48,50,65,67,70-71,74-75H,3-4,6,8-10,12,14-16,18,20-22,24,26-28,30,32-33,36,39-41,43,45-47,49,51-64,66,68-69H2,1-2H3,(H,73,76)/b7-5-,13-11-,19-17-,25-23-,31-29-,35-34-,38-37-,44-42-,50-48-,67-65+. The van der Waals surface area contributed by atoms with Crippen LogP contribution < -0.4 is 5.32 Å². The molecular formula is C72H125NO3. The monoisotopic (exact) mass is 1050 g/mol. The molecule has 0 aromatic carbocycles. The molecule has 0 spiro atoms. The quantitative estimate of drug-likeness (QED) is 0.0420. The topological polar surface area (TPSA) is 69.6 Å². The average Bonchev–Trinajstić information content (AvgIpc) is 3.42. The maximum atomic E-state index is 12.5. The predicted octanol–water partition coefficient (Wildman–Crippen LogP) is 22.4. The molecule has 0 saturated carbocycles. The molecule has 2 atom stereocenters. The smallest absolute Gasteiger partial charge is 0.220 e. The maximum Gasteiger partial charge on any atom is 0.220 e. The Hall–Kier alpha value is -3.21. The van der Waals surface area contributed by atoms with Gasteiger partial charge in [0.25, 0.3) is 0 Å². The van der Waals surface area contributed by atoms with Gasteiger partial charge in [-0.3, -0.25) is 4.79 Å². The zero-order valence-electron chi connectivity index (χ0n) is 50.2. The van der Waals surface area contributed by atoms with Crippen LogP contribution in [0.15, 0.2) is 122 Å². The van der Waals surface area contributed by atoms with E-state index in [1.165, 1.54) is 193 Å². The van der Waals surface area contributed by atoms with Crippen LogP contribution in [-0.2, 0) is 4.79 Å². The third kappa shape index (κ3) is 61.6. The lowest BCUT2D eigenvalue weighted by molar-refractivity contribution is -0.123. The molecule has 436 valence electrons. The molecule has 0 aliphatic rings. The lowest BCUT2D eigenvalue weighted by Gasteiger charge is -2.20. The lowest BCUT2D eigenvalue weighted by Crippen LogP contribution is -2.45. The van der Waals surface area contributed by atoms with Crippen LogP contribution in [0.3, 0.4) is 0 Å². The van der Waals surface area contributed by atoms with Crippen LogP contribution >= 0.6 is 0 Å². The molecule has 0 bridgehead atoms. The van der Waals surface area contributed by atoms with E-state index in [-0.39, 0.29) is 12.5 Å². The number of unbranched alkanes of at least 4 members (excludes halogenated alkanes) is 34.